The Hall–Kier alpha value is -1.98. The van der Waals surface area contributed by atoms with Crippen LogP contribution in [0.25, 0.3) is 0 Å². The van der Waals surface area contributed by atoms with Gasteiger partial charge in [-0.05, 0) is 50.1 Å². The van der Waals surface area contributed by atoms with E-state index in [1.807, 2.05) is 62.4 Å². The number of amides is 2. The van der Waals surface area contributed by atoms with Gasteiger partial charge in [0.05, 0.1) is 0 Å². The van der Waals surface area contributed by atoms with Gasteiger partial charge in [0.1, 0.15) is 6.04 Å². The molecule has 0 saturated carbocycles. The Labute approximate surface area is 183 Å². The Bertz CT molecular complexity index is 794. The third-order valence-electron chi connectivity index (χ3n) is 4.59. The second kappa shape index (κ2) is 11.9. The molecule has 2 amide bonds. The van der Waals surface area contributed by atoms with Crippen LogP contribution in [0.15, 0.2) is 53.4 Å². The Kier molecular flexibility index (Phi) is 9.55. The lowest BCUT2D eigenvalue weighted by atomic mass is 10.1. The molecule has 0 spiro atoms. The number of thioether (sulfide) groups is 1. The molecule has 29 heavy (non-hydrogen) atoms. The average molecular weight is 433 g/mol. The number of rotatable bonds is 10. The van der Waals surface area contributed by atoms with Crippen LogP contribution >= 0.6 is 23.4 Å². The molecule has 2 aromatic carbocycles. The third kappa shape index (κ3) is 7.75. The number of nitrogens with zero attached hydrogens (tertiary/aromatic N) is 1. The molecule has 0 saturated heterocycles. The van der Waals surface area contributed by atoms with Crippen molar-refractivity contribution in [3.63, 3.8) is 0 Å². The summed E-state index contributed by atoms with van der Waals surface area (Å²) in [6, 6.07) is 15.1. The summed E-state index contributed by atoms with van der Waals surface area (Å²) in [5, 5.41) is 3.59. The number of nitrogens with one attached hydrogen (secondary N) is 1. The first-order chi connectivity index (χ1) is 13.9. The highest BCUT2D eigenvalue weighted by molar-refractivity contribution is 7.99. The van der Waals surface area contributed by atoms with Crippen LogP contribution in [0.4, 0.5) is 0 Å². The first-order valence-electron chi connectivity index (χ1n) is 9.91. The number of hydrogen-bond acceptors (Lipinski definition) is 3. The second-order valence-corrected chi connectivity index (χ2v) is 8.63. The summed E-state index contributed by atoms with van der Waals surface area (Å²) in [6.45, 7) is 6.87. The smallest absolute Gasteiger partial charge is 0.242 e. The standard InChI is InChI=1S/C23H29ClN2O2S/c1-4-14-25-23(28)18(3)26(16-19-7-5-17(2)6-8-19)22(27)13-15-29-21-11-9-20(24)10-12-21/h5-12,18H,4,13-16H2,1-3H3,(H,25,28). The lowest BCUT2D eigenvalue weighted by molar-refractivity contribution is -0.140. The maximum atomic E-state index is 13.0. The summed E-state index contributed by atoms with van der Waals surface area (Å²) in [4.78, 5) is 28.2. The number of aryl methyl sites for hydroxylation is 1. The molecule has 0 aromatic heterocycles. The van der Waals surface area contributed by atoms with Crippen molar-refractivity contribution in [3.05, 3.63) is 64.7 Å². The second-order valence-electron chi connectivity index (χ2n) is 7.03. The van der Waals surface area contributed by atoms with Gasteiger partial charge in [-0.1, -0.05) is 48.4 Å². The van der Waals surface area contributed by atoms with E-state index in [2.05, 4.69) is 5.32 Å². The molecule has 1 unspecified atom stereocenters. The molecule has 0 fully saturated rings. The van der Waals surface area contributed by atoms with Gasteiger partial charge in [-0.15, -0.1) is 11.8 Å². The third-order valence-corrected chi connectivity index (χ3v) is 5.85. The number of carbonyl (C=O) groups is 2. The largest absolute Gasteiger partial charge is 0.354 e. The molecule has 1 atom stereocenters. The molecule has 0 radical (unpaired) electrons. The first kappa shape index (κ1) is 23.3. The van der Waals surface area contributed by atoms with Crippen molar-refractivity contribution in [3.8, 4) is 0 Å². The van der Waals surface area contributed by atoms with Gasteiger partial charge in [0.2, 0.25) is 11.8 Å². The first-order valence-corrected chi connectivity index (χ1v) is 11.3. The van der Waals surface area contributed by atoms with Gasteiger partial charge in [-0.25, -0.2) is 0 Å². The van der Waals surface area contributed by atoms with Crippen molar-refractivity contribution in [2.45, 2.75) is 51.1 Å². The van der Waals surface area contributed by atoms with Gasteiger partial charge in [0.15, 0.2) is 0 Å². The predicted octanol–water partition coefficient (Wildman–Crippen LogP) is 5.07. The van der Waals surface area contributed by atoms with Gasteiger partial charge in [-0.2, -0.15) is 0 Å². The Balaban J connectivity index is 2.03. The van der Waals surface area contributed by atoms with Crippen LogP contribution in [0.2, 0.25) is 5.02 Å². The molecule has 6 heteroatoms. The molecule has 1 N–H and O–H groups in total. The van der Waals surface area contributed by atoms with Crippen LogP contribution < -0.4 is 5.32 Å². The Morgan fingerprint density at radius 1 is 1.10 bits per heavy atom. The fourth-order valence-electron chi connectivity index (χ4n) is 2.80. The van der Waals surface area contributed by atoms with E-state index in [0.717, 1.165) is 16.9 Å². The van der Waals surface area contributed by atoms with Crippen molar-refractivity contribution in [2.75, 3.05) is 12.3 Å². The van der Waals surface area contributed by atoms with E-state index in [1.165, 1.54) is 5.56 Å². The molecule has 0 aliphatic carbocycles. The summed E-state index contributed by atoms with van der Waals surface area (Å²) in [7, 11) is 0. The Morgan fingerprint density at radius 3 is 2.38 bits per heavy atom. The zero-order chi connectivity index (χ0) is 21.2. The topological polar surface area (TPSA) is 49.4 Å². The maximum absolute atomic E-state index is 13.0. The molecule has 2 rings (SSSR count). The lowest BCUT2D eigenvalue weighted by Gasteiger charge is -2.29. The van der Waals surface area contributed by atoms with Crippen LogP contribution in [0.1, 0.15) is 37.8 Å². The summed E-state index contributed by atoms with van der Waals surface area (Å²) in [6.07, 6.45) is 1.23. The van der Waals surface area contributed by atoms with E-state index in [1.54, 1.807) is 23.6 Å². The van der Waals surface area contributed by atoms with Gasteiger partial charge in [0, 0.05) is 35.2 Å². The predicted molar refractivity (Wildman–Crippen MR) is 121 cm³/mol. The van der Waals surface area contributed by atoms with Gasteiger partial charge < -0.3 is 10.2 Å². The van der Waals surface area contributed by atoms with Crippen LogP contribution in [-0.2, 0) is 16.1 Å². The quantitative estimate of drug-likeness (QED) is 0.533. The summed E-state index contributed by atoms with van der Waals surface area (Å²) in [5.74, 6) is 0.512. The zero-order valence-electron chi connectivity index (χ0n) is 17.3. The molecule has 0 heterocycles. The van der Waals surface area contributed by atoms with Gasteiger partial charge >= 0.3 is 0 Å². The van der Waals surface area contributed by atoms with Gasteiger partial charge in [-0.3, -0.25) is 9.59 Å². The highest BCUT2D eigenvalue weighted by atomic mass is 35.5. The number of halogens is 1. The Morgan fingerprint density at radius 2 is 1.76 bits per heavy atom. The van der Waals surface area contributed by atoms with Crippen molar-refractivity contribution >= 4 is 35.2 Å². The molecule has 0 bridgehead atoms. The highest BCUT2D eigenvalue weighted by Crippen LogP contribution is 2.22. The van der Waals surface area contributed by atoms with Crippen LogP contribution in [0.3, 0.4) is 0 Å². The fraction of sp³-hybridized carbons (Fsp3) is 0.391. The van der Waals surface area contributed by atoms with Crippen molar-refractivity contribution in [1.82, 2.24) is 10.2 Å². The summed E-state index contributed by atoms with van der Waals surface area (Å²) < 4.78 is 0. The minimum atomic E-state index is -0.518. The number of benzene rings is 2. The zero-order valence-corrected chi connectivity index (χ0v) is 18.9. The van der Waals surface area contributed by atoms with E-state index in [9.17, 15) is 9.59 Å². The number of carbonyl (C=O) groups excluding carboxylic acids is 2. The van der Waals surface area contributed by atoms with Crippen LogP contribution in [-0.4, -0.2) is 35.1 Å². The number of hydrogen-bond donors (Lipinski definition) is 1. The van der Waals surface area contributed by atoms with Crippen molar-refractivity contribution in [1.29, 1.82) is 0 Å². The van der Waals surface area contributed by atoms with E-state index < -0.39 is 6.04 Å². The molecule has 0 aliphatic rings. The van der Waals surface area contributed by atoms with E-state index in [0.29, 0.717) is 30.3 Å². The van der Waals surface area contributed by atoms with E-state index in [-0.39, 0.29) is 11.8 Å². The van der Waals surface area contributed by atoms with E-state index >= 15 is 0 Å². The monoisotopic (exact) mass is 432 g/mol. The maximum Gasteiger partial charge on any atom is 0.242 e. The van der Waals surface area contributed by atoms with E-state index in [4.69, 9.17) is 11.6 Å². The normalized spacial score (nSPS) is 11.7. The van der Waals surface area contributed by atoms with Gasteiger partial charge in [0.25, 0.3) is 0 Å². The van der Waals surface area contributed by atoms with Crippen LogP contribution in [0.5, 0.6) is 0 Å². The average Bonchev–Trinajstić information content (AvgIpc) is 2.72. The summed E-state index contributed by atoms with van der Waals surface area (Å²) in [5.41, 5.74) is 2.18. The lowest BCUT2D eigenvalue weighted by Crippen LogP contribution is -2.47. The summed E-state index contributed by atoms with van der Waals surface area (Å²) >= 11 is 7.53. The minimum absolute atomic E-state index is 0.0220. The molecule has 0 aliphatic heterocycles. The molecular weight excluding hydrogens is 404 g/mol. The SMILES string of the molecule is CCCNC(=O)C(C)N(Cc1ccc(C)cc1)C(=O)CCSc1ccc(Cl)cc1. The van der Waals surface area contributed by atoms with Crippen LogP contribution in [0, 0.1) is 6.92 Å². The highest BCUT2D eigenvalue weighted by Gasteiger charge is 2.25. The molecule has 156 valence electrons. The van der Waals surface area contributed by atoms with Crippen molar-refractivity contribution in [2.24, 2.45) is 0 Å². The molecule has 4 nitrogen and oxygen atoms in total. The minimum Gasteiger partial charge on any atom is -0.354 e. The fourth-order valence-corrected chi connectivity index (χ4v) is 3.77. The van der Waals surface area contributed by atoms with Crippen molar-refractivity contribution < 1.29 is 9.59 Å². The molecule has 2 aromatic rings. The molecular formula is C23H29ClN2O2S.